The van der Waals surface area contributed by atoms with Crippen molar-refractivity contribution in [1.29, 1.82) is 0 Å². The van der Waals surface area contributed by atoms with Crippen molar-refractivity contribution in [2.24, 2.45) is 11.7 Å². The van der Waals surface area contributed by atoms with Crippen LogP contribution in [0.4, 0.5) is 10.1 Å². The molecule has 2 amide bonds. The second kappa shape index (κ2) is 9.30. The van der Waals surface area contributed by atoms with Crippen molar-refractivity contribution in [3.63, 3.8) is 0 Å². The number of carbonyl (C=O) groups is 2. The van der Waals surface area contributed by atoms with Crippen LogP contribution in [0, 0.1) is 11.7 Å². The van der Waals surface area contributed by atoms with Crippen LogP contribution in [-0.2, 0) is 9.59 Å². The first-order valence-corrected chi connectivity index (χ1v) is 10.2. The van der Waals surface area contributed by atoms with E-state index in [1.165, 1.54) is 23.9 Å². The van der Waals surface area contributed by atoms with Gasteiger partial charge in [-0.15, -0.1) is 0 Å². The van der Waals surface area contributed by atoms with Gasteiger partial charge in [-0.25, -0.2) is 4.39 Å². The molecule has 0 atom stereocenters. The molecule has 0 radical (unpaired) electrons. The van der Waals surface area contributed by atoms with Crippen LogP contribution < -0.4 is 11.1 Å². The summed E-state index contributed by atoms with van der Waals surface area (Å²) in [5.41, 5.74) is 6.07. The van der Waals surface area contributed by atoms with Gasteiger partial charge in [0.05, 0.1) is 12.2 Å². The minimum absolute atomic E-state index is 0.0411. The molecule has 0 aliphatic carbocycles. The van der Waals surface area contributed by atoms with E-state index in [1.54, 1.807) is 29.2 Å². The molecule has 3 N–H and O–H groups in total. The average Bonchev–Trinajstić information content (AvgIpc) is 2.69. The summed E-state index contributed by atoms with van der Waals surface area (Å²) in [4.78, 5) is 27.3. The van der Waals surface area contributed by atoms with E-state index in [2.05, 4.69) is 5.32 Å². The number of nitrogens with two attached hydrogens (primary N) is 1. The maximum atomic E-state index is 13.1. The fourth-order valence-corrected chi connectivity index (χ4v) is 4.13. The normalized spacial score (nSPS) is 14.7. The van der Waals surface area contributed by atoms with E-state index >= 15 is 0 Å². The van der Waals surface area contributed by atoms with Crippen LogP contribution in [0.1, 0.15) is 12.8 Å². The average molecular weight is 422 g/mol. The molecule has 0 unspecified atom stereocenters. The van der Waals surface area contributed by atoms with Crippen LogP contribution in [0.3, 0.4) is 0 Å². The van der Waals surface area contributed by atoms with Crippen LogP contribution in [0.15, 0.2) is 52.3 Å². The highest BCUT2D eigenvalue weighted by atomic mass is 35.5. The van der Waals surface area contributed by atoms with Crippen LogP contribution in [0.25, 0.3) is 0 Å². The number of nitrogens with one attached hydrogen (secondary N) is 1. The lowest BCUT2D eigenvalue weighted by Crippen LogP contribution is -2.43. The maximum absolute atomic E-state index is 13.1. The minimum Gasteiger partial charge on any atom is -0.375 e. The number of rotatable bonds is 6. The first kappa shape index (κ1) is 20.5. The number of carbonyl (C=O) groups excluding carboxylic acids is 2. The second-order valence-corrected chi connectivity index (χ2v) is 8.16. The Hall–Kier alpha value is -2.25. The Kier molecular flexibility index (Phi) is 6.80. The summed E-state index contributed by atoms with van der Waals surface area (Å²) in [6.07, 6.45) is 1.20. The van der Waals surface area contributed by atoms with Gasteiger partial charge in [0.15, 0.2) is 0 Å². The number of amides is 2. The second-order valence-electron chi connectivity index (χ2n) is 6.61. The predicted molar refractivity (Wildman–Crippen MR) is 109 cm³/mol. The SMILES string of the molecule is NC(=O)C1CCN(C(=O)CNc2cc(Cl)ccc2Sc2ccc(F)cc2)CC1. The van der Waals surface area contributed by atoms with Crippen LogP contribution in [0.2, 0.25) is 5.02 Å². The summed E-state index contributed by atoms with van der Waals surface area (Å²) in [5.74, 6) is -0.777. The predicted octanol–water partition coefficient (Wildman–Crippen LogP) is 3.77. The molecule has 0 aromatic heterocycles. The Bertz CT molecular complexity index is 855. The molecule has 8 heteroatoms. The monoisotopic (exact) mass is 421 g/mol. The first-order valence-electron chi connectivity index (χ1n) is 8.96. The summed E-state index contributed by atoms with van der Waals surface area (Å²) in [6, 6.07) is 11.6. The summed E-state index contributed by atoms with van der Waals surface area (Å²) in [6.45, 7) is 1.18. The van der Waals surface area contributed by atoms with Gasteiger partial charge in [-0.1, -0.05) is 23.4 Å². The number of benzene rings is 2. The Morgan fingerprint density at radius 1 is 1.18 bits per heavy atom. The molecule has 1 aliphatic heterocycles. The summed E-state index contributed by atoms with van der Waals surface area (Å²) >= 11 is 7.57. The standard InChI is InChI=1S/C20H21ClFN3O2S/c21-14-1-6-18(28-16-4-2-15(22)3-5-16)17(11-14)24-12-19(26)25-9-7-13(8-10-25)20(23)27/h1-6,11,13,24H,7-10,12H2,(H2,23,27). The lowest BCUT2D eigenvalue weighted by molar-refractivity contribution is -0.133. The molecule has 5 nitrogen and oxygen atoms in total. The number of hydrogen-bond donors (Lipinski definition) is 2. The molecule has 148 valence electrons. The largest absolute Gasteiger partial charge is 0.375 e. The lowest BCUT2D eigenvalue weighted by atomic mass is 9.96. The molecule has 28 heavy (non-hydrogen) atoms. The van der Waals surface area contributed by atoms with Gasteiger partial charge >= 0.3 is 0 Å². The fourth-order valence-electron chi connectivity index (χ4n) is 3.06. The number of piperidine rings is 1. The Morgan fingerprint density at radius 2 is 1.86 bits per heavy atom. The van der Waals surface area contributed by atoms with Gasteiger partial charge in [-0.05, 0) is 55.3 Å². The third-order valence-electron chi connectivity index (χ3n) is 4.66. The molecule has 0 spiro atoms. The molecule has 3 rings (SSSR count). The van der Waals surface area contributed by atoms with Crippen molar-refractivity contribution in [3.8, 4) is 0 Å². The van der Waals surface area contributed by atoms with Gasteiger partial charge in [0.1, 0.15) is 5.82 Å². The van der Waals surface area contributed by atoms with E-state index in [1.807, 2.05) is 6.07 Å². The molecule has 1 saturated heterocycles. The quantitative estimate of drug-likeness (QED) is 0.744. The van der Waals surface area contributed by atoms with Crippen LogP contribution in [0.5, 0.6) is 0 Å². The van der Waals surface area contributed by atoms with E-state index in [0.29, 0.717) is 31.0 Å². The van der Waals surface area contributed by atoms with E-state index in [-0.39, 0.29) is 30.1 Å². The van der Waals surface area contributed by atoms with Gasteiger partial charge in [-0.2, -0.15) is 0 Å². The maximum Gasteiger partial charge on any atom is 0.241 e. The summed E-state index contributed by atoms with van der Waals surface area (Å²) in [7, 11) is 0. The molecule has 1 aliphatic rings. The van der Waals surface area contributed by atoms with E-state index in [0.717, 1.165) is 15.5 Å². The van der Waals surface area contributed by atoms with Gasteiger partial charge in [0, 0.05) is 33.8 Å². The summed E-state index contributed by atoms with van der Waals surface area (Å²) in [5, 5.41) is 3.71. The molecular weight excluding hydrogens is 401 g/mol. The highest BCUT2D eigenvalue weighted by molar-refractivity contribution is 7.99. The number of halogens is 2. The third-order valence-corrected chi connectivity index (χ3v) is 5.98. The van der Waals surface area contributed by atoms with Crippen LogP contribution >= 0.6 is 23.4 Å². The smallest absolute Gasteiger partial charge is 0.241 e. The minimum atomic E-state index is -0.299. The van der Waals surface area contributed by atoms with Crippen molar-refractivity contribution < 1.29 is 14.0 Å². The Labute approximate surface area is 172 Å². The van der Waals surface area contributed by atoms with Gasteiger partial charge in [0.25, 0.3) is 0 Å². The van der Waals surface area contributed by atoms with E-state index in [9.17, 15) is 14.0 Å². The van der Waals surface area contributed by atoms with Crippen molar-refractivity contribution in [2.45, 2.75) is 22.6 Å². The molecule has 0 bridgehead atoms. The molecule has 2 aromatic carbocycles. The van der Waals surface area contributed by atoms with Gasteiger partial charge < -0.3 is 16.0 Å². The van der Waals surface area contributed by atoms with E-state index < -0.39 is 0 Å². The number of hydrogen-bond acceptors (Lipinski definition) is 4. The number of anilines is 1. The molecule has 1 fully saturated rings. The highest BCUT2D eigenvalue weighted by Crippen LogP contribution is 2.35. The number of likely N-dealkylation sites (tertiary alicyclic amines) is 1. The fraction of sp³-hybridized carbons (Fsp3) is 0.300. The van der Waals surface area contributed by atoms with E-state index in [4.69, 9.17) is 17.3 Å². The number of nitrogens with zero attached hydrogens (tertiary/aromatic N) is 1. The van der Waals surface area contributed by atoms with Gasteiger partial charge in [-0.3, -0.25) is 9.59 Å². The third kappa shape index (κ3) is 5.39. The van der Waals surface area contributed by atoms with Crippen molar-refractivity contribution >= 4 is 40.9 Å². The lowest BCUT2D eigenvalue weighted by Gasteiger charge is -2.30. The zero-order chi connectivity index (χ0) is 20.1. The molecule has 1 heterocycles. The number of primary amides is 1. The first-order chi connectivity index (χ1) is 13.4. The summed E-state index contributed by atoms with van der Waals surface area (Å²) < 4.78 is 13.1. The topological polar surface area (TPSA) is 75.4 Å². The zero-order valence-electron chi connectivity index (χ0n) is 15.2. The highest BCUT2D eigenvalue weighted by Gasteiger charge is 2.25. The van der Waals surface area contributed by atoms with Crippen molar-refractivity contribution in [3.05, 3.63) is 53.3 Å². The molecule has 0 saturated carbocycles. The van der Waals surface area contributed by atoms with Crippen LogP contribution in [-0.4, -0.2) is 36.3 Å². The molecule has 2 aromatic rings. The Balaban J connectivity index is 1.62. The van der Waals surface area contributed by atoms with Crippen molar-refractivity contribution in [1.82, 2.24) is 4.90 Å². The zero-order valence-corrected chi connectivity index (χ0v) is 16.7. The van der Waals surface area contributed by atoms with Gasteiger partial charge in [0.2, 0.25) is 11.8 Å². The molecular formula is C20H21ClFN3O2S. The Morgan fingerprint density at radius 3 is 2.50 bits per heavy atom. The van der Waals surface area contributed by atoms with Crippen molar-refractivity contribution in [2.75, 3.05) is 25.0 Å².